The number of piperidine rings is 1. The minimum atomic E-state index is -4.38. The average Bonchev–Trinajstić information content (AvgIpc) is 2.34. The van der Waals surface area contributed by atoms with E-state index < -0.39 is 42.8 Å². The number of carbonyl (C=O) groups is 2. The summed E-state index contributed by atoms with van der Waals surface area (Å²) in [7, 11) is 0. The lowest BCUT2D eigenvalue weighted by Crippen LogP contribution is -2.55. The van der Waals surface area contributed by atoms with Crippen molar-refractivity contribution in [1.29, 1.82) is 0 Å². The normalized spacial score (nSPS) is 23.1. The smallest absolute Gasteiger partial charge is 0.393 e. The van der Waals surface area contributed by atoms with Crippen molar-refractivity contribution < 1.29 is 33.0 Å². The van der Waals surface area contributed by atoms with Crippen molar-refractivity contribution in [2.45, 2.75) is 38.1 Å². The van der Waals surface area contributed by atoms with Crippen LogP contribution in [0.3, 0.4) is 0 Å². The number of rotatable bonds is 3. The van der Waals surface area contributed by atoms with Gasteiger partial charge >= 0.3 is 18.2 Å². The van der Waals surface area contributed by atoms with Crippen LogP contribution < -0.4 is 5.32 Å². The zero-order valence-electron chi connectivity index (χ0n) is 10.9. The number of nitrogens with one attached hydrogen (secondary N) is 1. The van der Waals surface area contributed by atoms with Crippen LogP contribution in [-0.2, 0) is 4.79 Å². The molecule has 1 fully saturated rings. The molecule has 1 unspecified atom stereocenters. The number of aliphatic hydroxyl groups is 1. The number of hydrogen-bond acceptors (Lipinski definition) is 3. The van der Waals surface area contributed by atoms with Crippen LogP contribution in [0.1, 0.15) is 19.8 Å². The first kappa shape index (κ1) is 16.5. The number of nitrogens with zero attached hydrogens (tertiary/aromatic N) is 1. The molecule has 6 nitrogen and oxygen atoms in total. The Morgan fingerprint density at radius 2 is 2.00 bits per heavy atom. The molecule has 20 heavy (non-hydrogen) atoms. The van der Waals surface area contributed by atoms with Crippen LogP contribution >= 0.6 is 0 Å². The molecule has 0 spiro atoms. The van der Waals surface area contributed by atoms with E-state index in [1.807, 2.05) is 5.32 Å². The number of carbonyl (C=O) groups excluding carboxylic acids is 1. The van der Waals surface area contributed by atoms with Gasteiger partial charge in [0.2, 0.25) is 0 Å². The molecule has 2 amide bonds. The topological polar surface area (TPSA) is 89.9 Å². The summed E-state index contributed by atoms with van der Waals surface area (Å²) < 4.78 is 37.8. The maximum absolute atomic E-state index is 12.6. The van der Waals surface area contributed by atoms with E-state index >= 15 is 0 Å². The third kappa shape index (κ3) is 4.26. The molecule has 0 aromatic rings. The van der Waals surface area contributed by atoms with Crippen molar-refractivity contribution in [2.75, 3.05) is 13.1 Å². The van der Waals surface area contributed by atoms with Crippen molar-refractivity contribution in [1.82, 2.24) is 10.2 Å². The number of carboxylic acid groups (broad SMARTS) is 1. The molecule has 0 aromatic heterocycles. The number of carboxylic acids is 1. The predicted octanol–water partition coefficient (Wildman–Crippen LogP) is 0.804. The molecule has 1 aliphatic heterocycles. The highest BCUT2D eigenvalue weighted by molar-refractivity contribution is 5.83. The standard InChI is InChI=1S/C11H17F3N2O4/c1-6(17)8(9(18)19)15-10(20)16-4-2-3-7(5-16)11(12,13)14/h6-8,17H,2-5H2,1H3,(H,15,20)(H,18,19)/t6-,7?,8+/m1/s1. The summed E-state index contributed by atoms with van der Waals surface area (Å²) in [4.78, 5) is 23.5. The number of halogens is 3. The van der Waals surface area contributed by atoms with Crippen LogP contribution in [0.2, 0.25) is 0 Å². The number of aliphatic hydroxyl groups excluding tert-OH is 1. The van der Waals surface area contributed by atoms with Crippen LogP contribution in [0.4, 0.5) is 18.0 Å². The number of urea groups is 1. The summed E-state index contributed by atoms with van der Waals surface area (Å²) in [5.41, 5.74) is 0. The van der Waals surface area contributed by atoms with Crippen LogP contribution in [0, 0.1) is 5.92 Å². The summed E-state index contributed by atoms with van der Waals surface area (Å²) in [6, 6.07) is -2.46. The van der Waals surface area contributed by atoms with E-state index in [1.54, 1.807) is 0 Å². The van der Waals surface area contributed by atoms with Gasteiger partial charge < -0.3 is 20.4 Å². The fourth-order valence-corrected chi connectivity index (χ4v) is 2.04. The average molecular weight is 298 g/mol. The molecule has 0 aliphatic carbocycles. The van der Waals surface area contributed by atoms with E-state index in [4.69, 9.17) is 5.11 Å². The number of amides is 2. The number of likely N-dealkylation sites (tertiary alicyclic amines) is 1. The summed E-state index contributed by atoms with van der Waals surface area (Å²) >= 11 is 0. The van der Waals surface area contributed by atoms with Gasteiger partial charge in [-0.3, -0.25) is 0 Å². The third-order valence-electron chi connectivity index (χ3n) is 3.20. The van der Waals surface area contributed by atoms with Crippen molar-refractivity contribution in [3.8, 4) is 0 Å². The minimum Gasteiger partial charge on any atom is -0.480 e. The van der Waals surface area contributed by atoms with Crippen LogP contribution in [0.15, 0.2) is 0 Å². The highest BCUT2D eigenvalue weighted by Gasteiger charge is 2.43. The van der Waals surface area contributed by atoms with E-state index in [2.05, 4.69) is 0 Å². The second-order valence-electron chi connectivity index (χ2n) is 4.83. The van der Waals surface area contributed by atoms with Gasteiger partial charge in [0.05, 0.1) is 12.0 Å². The fraction of sp³-hybridized carbons (Fsp3) is 0.818. The van der Waals surface area contributed by atoms with Crippen molar-refractivity contribution in [2.24, 2.45) is 5.92 Å². The molecule has 0 bridgehead atoms. The van der Waals surface area contributed by atoms with Crippen LogP contribution in [0.5, 0.6) is 0 Å². The van der Waals surface area contributed by atoms with Gasteiger partial charge in [-0.2, -0.15) is 13.2 Å². The van der Waals surface area contributed by atoms with Crippen molar-refractivity contribution >= 4 is 12.0 Å². The van der Waals surface area contributed by atoms with Crippen LogP contribution in [0.25, 0.3) is 0 Å². The van der Waals surface area contributed by atoms with Gasteiger partial charge in [-0.05, 0) is 19.8 Å². The Kier molecular flexibility index (Phi) is 5.21. The SMILES string of the molecule is C[C@@H](O)[C@H](NC(=O)N1CCCC(C(F)(F)F)C1)C(=O)O. The lowest BCUT2D eigenvalue weighted by Gasteiger charge is -2.34. The molecule has 116 valence electrons. The number of alkyl halides is 3. The van der Waals surface area contributed by atoms with E-state index in [0.717, 1.165) is 4.90 Å². The molecule has 1 saturated heterocycles. The summed E-state index contributed by atoms with van der Waals surface area (Å²) in [6.07, 6.45) is -5.58. The Bertz CT molecular complexity index is 373. The molecule has 1 heterocycles. The molecule has 3 atom stereocenters. The van der Waals surface area contributed by atoms with Crippen molar-refractivity contribution in [3.05, 3.63) is 0 Å². The van der Waals surface area contributed by atoms with E-state index in [-0.39, 0.29) is 19.4 Å². The Balaban J connectivity index is 2.65. The van der Waals surface area contributed by atoms with E-state index in [0.29, 0.717) is 0 Å². The third-order valence-corrected chi connectivity index (χ3v) is 3.20. The molecular formula is C11H17F3N2O4. The van der Waals surface area contributed by atoms with Gasteiger partial charge in [-0.1, -0.05) is 0 Å². The second kappa shape index (κ2) is 6.29. The molecule has 3 N–H and O–H groups in total. The molecular weight excluding hydrogens is 281 g/mol. The van der Waals surface area contributed by atoms with E-state index in [9.17, 15) is 27.9 Å². The Morgan fingerprint density at radius 1 is 1.40 bits per heavy atom. The Hall–Kier alpha value is -1.51. The van der Waals surface area contributed by atoms with Gasteiger partial charge in [0, 0.05) is 13.1 Å². The Morgan fingerprint density at radius 3 is 2.45 bits per heavy atom. The lowest BCUT2D eigenvalue weighted by atomic mass is 9.98. The number of aliphatic carboxylic acids is 1. The largest absolute Gasteiger partial charge is 0.480 e. The number of hydrogen-bond donors (Lipinski definition) is 3. The fourth-order valence-electron chi connectivity index (χ4n) is 2.04. The second-order valence-corrected chi connectivity index (χ2v) is 4.83. The Labute approximate surface area is 113 Å². The zero-order chi connectivity index (χ0) is 15.5. The maximum atomic E-state index is 12.6. The van der Waals surface area contributed by atoms with E-state index in [1.165, 1.54) is 6.92 Å². The summed E-state index contributed by atoms with van der Waals surface area (Å²) in [5.74, 6) is -3.05. The highest BCUT2D eigenvalue weighted by atomic mass is 19.4. The first-order chi connectivity index (χ1) is 9.12. The first-order valence-corrected chi connectivity index (χ1v) is 6.16. The van der Waals surface area contributed by atoms with Gasteiger partial charge in [0.1, 0.15) is 0 Å². The molecule has 1 rings (SSSR count). The van der Waals surface area contributed by atoms with Crippen molar-refractivity contribution in [3.63, 3.8) is 0 Å². The highest BCUT2D eigenvalue weighted by Crippen LogP contribution is 2.33. The van der Waals surface area contributed by atoms with Gasteiger partial charge in [0.15, 0.2) is 6.04 Å². The predicted molar refractivity (Wildman–Crippen MR) is 62.0 cm³/mol. The van der Waals surface area contributed by atoms with Crippen LogP contribution in [-0.4, -0.2) is 58.5 Å². The maximum Gasteiger partial charge on any atom is 0.393 e. The molecule has 0 radical (unpaired) electrons. The van der Waals surface area contributed by atoms with Gasteiger partial charge in [0.25, 0.3) is 0 Å². The molecule has 0 aromatic carbocycles. The van der Waals surface area contributed by atoms with Gasteiger partial charge in [-0.15, -0.1) is 0 Å². The summed E-state index contributed by atoms with van der Waals surface area (Å²) in [6.45, 7) is 0.805. The monoisotopic (exact) mass is 298 g/mol. The molecule has 9 heteroatoms. The molecule has 1 aliphatic rings. The quantitative estimate of drug-likeness (QED) is 0.719. The minimum absolute atomic E-state index is 0.0496. The first-order valence-electron chi connectivity index (χ1n) is 6.16. The lowest BCUT2D eigenvalue weighted by molar-refractivity contribution is -0.184. The van der Waals surface area contributed by atoms with Gasteiger partial charge in [-0.25, -0.2) is 9.59 Å². The zero-order valence-corrected chi connectivity index (χ0v) is 10.9. The summed E-state index contributed by atoms with van der Waals surface area (Å²) in [5, 5.41) is 20.0. The molecule has 0 saturated carbocycles.